The number of nitrogens with zero attached hydrogens (tertiary/aromatic N) is 3. The van der Waals surface area contributed by atoms with E-state index in [0.29, 0.717) is 0 Å². The van der Waals surface area contributed by atoms with Crippen LogP contribution in [0.1, 0.15) is 0 Å². The lowest BCUT2D eigenvalue weighted by Crippen LogP contribution is -1.89. The van der Waals surface area contributed by atoms with Crippen molar-refractivity contribution in [3.63, 3.8) is 0 Å². The van der Waals surface area contributed by atoms with Gasteiger partial charge in [-0.15, -0.1) is 0 Å². The van der Waals surface area contributed by atoms with Crippen LogP contribution in [0.4, 0.5) is 17.1 Å². The zero-order valence-electron chi connectivity index (χ0n) is 11.1. The summed E-state index contributed by atoms with van der Waals surface area (Å²) < 4.78 is 22.5. The number of aromatic hydroxyl groups is 1. The van der Waals surface area contributed by atoms with E-state index < -0.39 is 25.4 Å². The maximum absolute atomic E-state index is 11.2. The van der Waals surface area contributed by atoms with Gasteiger partial charge in [0.15, 0.2) is 0 Å². The molecule has 2 aromatic carbocycles. The highest BCUT2D eigenvalue weighted by Crippen LogP contribution is 2.38. The standard InChI is InChI=1S/C12H7Cl2N3O5S/c13-10-5-8(6-11(12(10)18)17(19)20)16-15-7-2-1-3-9(4-7)23(14,21)22/h1-6,18H. The maximum Gasteiger partial charge on any atom is 0.314 e. The number of nitro benzene ring substituents is 1. The number of hydrogen-bond donors (Lipinski definition) is 1. The van der Waals surface area contributed by atoms with Crippen LogP contribution in [-0.4, -0.2) is 18.4 Å². The van der Waals surface area contributed by atoms with Crippen LogP contribution in [0.2, 0.25) is 5.02 Å². The Hall–Kier alpha value is -2.23. The first kappa shape index (κ1) is 17.1. The summed E-state index contributed by atoms with van der Waals surface area (Å²) in [6.45, 7) is 0. The lowest BCUT2D eigenvalue weighted by Gasteiger charge is -2.00. The van der Waals surface area contributed by atoms with Crippen LogP contribution in [0.15, 0.2) is 51.5 Å². The number of halogens is 2. The third kappa shape index (κ3) is 4.15. The monoisotopic (exact) mass is 375 g/mol. The van der Waals surface area contributed by atoms with E-state index >= 15 is 0 Å². The van der Waals surface area contributed by atoms with Crippen molar-refractivity contribution >= 4 is 48.4 Å². The van der Waals surface area contributed by atoms with Crippen LogP contribution < -0.4 is 0 Å². The Labute approximate surface area is 139 Å². The number of phenolic OH excluding ortho intramolecular Hbond substituents is 1. The largest absolute Gasteiger partial charge is 0.501 e. The number of hydrogen-bond acceptors (Lipinski definition) is 7. The van der Waals surface area contributed by atoms with E-state index in [9.17, 15) is 23.6 Å². The molecule has 11 heteroatoms. The predicted octanol–water partition coefficient (Wildman–Crippen LogP) is 4.30. The minimum atomic E-state index is -3.91. The molecule has 1 N–H and O–H groups in total. The Morgan fingerprint density at radius 2 is 1.78 bits per heavy atom. The third-order valence-electron chi connectivity index (χ3n) is 2.60. The molecule has 0 aliphatic rings. The van der Waals surface area contributed by atoms with Crippen molar-refractivity contribution in [2.24, 2.45) is 10.2 Å². The highest BCUT2D eigenvalue weighted by molar-refractivity contribution is 8.13. The Morgan fingerprint density at radius 3 is 2.39 bits per heavy atom. The van der Waals surface area contributed by atoms with Gasteiger partial charge < -0.3 is 5.11 Å². The number of phenols is 1. The zero-order chi connectivity index (χ0) is 17.2. The molecule has 0 aliphatic heterocycles. The molecule has 0 saturated carbocycles. The van der Waals surface area contributed by atoms with Crippen molar-refractivity contribution in [2.75, 3.05) is 0 Å². The summed E-state index contributed by atoms with van der Waals surface area (Å²) >= 11 is 5.68. The minimum Gasteiger partial charge on any atom is -0.501 e. The Balaban J connectivity index is 2.40. The van der Waals surface area contributed by atoms with Gasteiger partial charge in [0.25, 0.3) is 9.05 Å². The fraction of sp³-hybridized carbons (Fsp3) is 0. The first-order chi connectivity index (χ1) is 10.7. The van der Waals surface area contributed by atoms with E-state index in [1.807, 2.05) is 0 Å². The molecule has 0 saturated heterocycles. The SMILES string of the molecule is O=[N+]([O-])c1cc(N=Nc2cccc(S(=O)(=O)Cl)c2)cc(Cl)c1O. The van der Waals surface area contributed by atoms with Crippen molar-refractivity contribution in [3.05, 3.63) is 51.5 Å². The Kier molecular flexibility index (Phi) is 4.83. The highest BCUT2D eigenvalue weighted by Gasteiger charge is 2.18. The summed E-state index contributed by atoms with van der Waals surface area (Å²) in [5.74, 6) is -0.675. The first-order valence-corrected chi connectivity index (χ1v) is 8.50. The Bertz CT molecular complexity index is 915. The molecule has 0 bridgehead atoms. The molecule has 0 spiro atoms. The second kappa shape index (κ2) is 6.49. The molecule has 120 valence electrons. The van der Waals surface area contributed by atoms with Crippen LogP contribution in [0.25, 0.3) is 0 Å². The van der Waals surface area contributed by atoms with Gasteiger partial charge in [-0.2, -0.15) is 10.2 Å². The number of rotatable bonds is 4. The van der Waals surface area contributed by atoms with Crippen LogP contribution in [0.3, 0.4) is 0 Å². The van der Waals surface area contributed by atoms with Gasteiger partial charge >= 0.3 is 5.69 Å². The van der Waals surface area contributed by atoms with Crippen molar-refractivity contribution in [1.29, 1.82) is 0 Å². The zero-order valence-corrected chi connectivity index (χ0v) is 13.4. The number of azo groups is 1. The van der Waals surface area contributed by atoms with Crippen LogP contribution in [0.5, 0.6) is 5.75 Å². The van der Waals surface area contributed by atoms with Crippen LogP contribution >= 0.6 is 22.3 Å². The Morgan fingerprint density at radius 1 is 1.13 bits per heavy atom. The molecule has 0 amide bonds. The number of benzene rings is 2. The molecule has 0 aromatic heterocycles. The fourth-order valence-corrected chi connectivity index (χ4v) is 2.58. The van der Waals surface area contributed by atoms with Gasteiger partial charge in [0.05, 0.1) is 26.2 Å². The molecule has 2 rings (SSSR count). The second-order valence-electron chi connectivity index (χ2n) is 4.19. The van der Waals surface area contributed by atoms with E-state index in [0.717, 1.165) is 6.07 Å². The van der Waals surface area contributed by atoms with E-state index in [1.54, 1.807) is 0 Å². The highest BCUT2D eigenvalue weighted by atomic mass is 35.7. The lowest BCUT2D eigenvalue weighted by molar-refractivity contribution is -0.385. The van der Waals surface area contributed by atoms with E-state index in [-0.39, 0.29) is 21.3 Å². The van der Waals surface area contributed by atoms with E-state index in [4.69, 9.17) is 22.3 Å². The third-order valence-corrected chi connectivity index (χ3v) is 4.24. The molecule has 0 heterocycles. The summed E-state index contributed by atoms with van der Waals surface area (Å²) in [6.07, 6.45) is 0. The van der Waals surface area contributed by atoms with Gasteiger partial charge in [0, 0.05) is 16.7 Å². The van der Waals surface area contributed by atoms with Gasteiger partial charge in [0.1, 0.15) is 0 Å². The smallest absolute Gasteiger partial charge is 0.314 e. The maximum atomic E-state index is 11.2. The summed E-state index contributed by atoms with van der Waals surface area (Å²) in [5.41, 5.74) is -0.444. The molecule has 0 atom stereocenters. The fourth-order valence-electron chi connectivity index (χ4n) is 1.58. The molecular formula is C12H7Cl2N3O5S. The average molecular weight is 376 g/mol. The molecule has 0 radical (unpaired) electrons. The van der Waals surface area contributed by atoms with Gasteiger partial charge in [0.2, 0.25) is 5.75 Å². The van der Waals surface area contributed by atoms with Crippen molar-refractivity contribution in [1.82, 2.24) is 0 Å². The first-order valence-electron chi connectivity index (χ1n) is 5.82. The number of nitro groups is 1. The van der Waals surface area contributed by atoms with E-state index in [1.165, 1.54) is 30.3 Å². The quantitative estimate of drug-likeness (QED) is 0.369. The molecule has 2 aromatic rings. The van der Waals surface area contributed by atoms with Crippen molar-refractivity contribution in [3.8, 4) is 5.75 Å². The molecule has 0 fully saturated rings. The van der Waals surface area contributed by atoms with Gasteiger partial charge in [-0.1, -0.05) is 17.7 Å². The minimum absolute atomic E-state index is 0.0126. The summed E-state index contributed by atoms with van der Waals surface area (Å²) in [7, 11) is 1.31. The predicted molar refractivity (Wildman–Crippen MR) is 83.4 cm³/mol. The molecule has 0 unspecified atom stereocenters. The average Bonchev–Trinajstić information content (AvgIpc) is 2.47. The summed E-state index contributed by atoms with van der Waals surface area (Å²) in [6, 6.07) is 7.50. The lowest BCUT2D eigenvalue weighted by atomic mass is 10.2. The van der Waals surface area contributed by atoms with Gasteiger partial charge in [-0.25, -0.2) is 8.42 Å². The second-order valence-corrected chi connectivity index (χ2v) is 7.16. The van der Waals surface area contributed by atoms with Crippen LogP contribution in [0, 0.1) is 10.1 Å². The van der Waals surface area contributed by atoms with Crippen LogP contribution in [-0.2, 0) is 9.05 Å². The van der Waals surface area contributed by atoms with Crippen molar-refractivity contribution in [2.45, 2.75) is 4.90 Å². The summed E-state index contributed by atoms with van der Waals surface area (Å²) in [5, 5.41) is 27.5. The van der Waals surface area contributed by atoms with Gasteiger partial charge in [-0.05, 0) is 24.3 Å². The molecule has 0 aliphatic carbocycles. The van der Waals surface area contributed by atoms with Gasteiger partial charge in [-0.3, -0.25) is 10.1 Å². The van der Waals surface area contributed by atoms with E-state index in [2.05, 4.69) is 10.2 Å². The topological polar surface area (TPSA) is 122 Å². The molecular weight excluding hydrogens is 369 g/mol. The molecule has 23 heavy (non-hydrogen) atoms. The summed E-state index contributed by atoms with van der Waals surface area (Å²) in [4.78, 5) is 9.81. The normalized spacial score (nSPS) is 11.7. The van der Waals surface area contributed by atoms with Crippen molar-refractivity contribution < 1.29 is 18.4 Å². The molecule has 8 nitrogen and oxygen atoms in total.